The quantitative estimate of drug-likeness (QED) is 0.664. The van der Waals surface area contributed by atoms with Gasteiger partial charge in [0, 0.05) is 49.4 Å². The van der Waals surface area contributed by atoms with Crippen LogP contribution in [0.1, 0.15) is 33.6 Å². The van der Waals surface area contributed by atoms with Gasteiger partial charge in [0.2, 0.25) is 5.95 Å². The number of hydrogen-bond acceptors (Lipinski definition) is 7. The van der Waals surface area contributed by atoms with Crippen molar-refractivity contribution in [1.29, 1.82) is 0 Å². The zero-order chi connectivity index (χ0) is 20.2. The van der Waals surface area contributed by atoms with Gasteiger partial charge in [0.1, 0.15) is 0 Å². The highest BCUT2D eigenvalue weighted by atomic mass is 16.4. The Balaban J connectivity index is 1.56. The molecular weight excluding hydrogens is 370 g/mol. The number of nitrogens with zero attached hydrogens (tertiary/aromatic N) is 5. The predicted octanol–water partition coefficient (Wildman–Crippen LogP) is 2.73. The van der Waals surface area contributed by atoms with Crippen LogP contribution in [0.3, 0.4) is 0 Å². The summed E-state index contributed by atoms with van der Waals surface area (Å²) in [6.07, 6.45) is 7.99. The Kier molecular flexibility index (Phi) is 5.24. The first kappa shape index (κ1) is 18.7. The lowest BCUT2D eigenvalue weighted by Gasteiger charge is -2.32. The maximum Gasteiger partial charge on any atom is 0.335 e. The number of carbonyl (C=O) groups excluding carboxylic acids is 1. The summed E-state index contributed by atoms with van der Waals surface area (Å²) >= 11 is 0. The fourth-order valence-corrected chi connectivity index (χ4v) is 3.46. The topological polar surface area (TPSA) is 109 Å². The molecule has 0 aliphatic carbocycles. The number of piperidine rings is 1. The number of hydrogen-bond donors (Lipinski definition) is 1. The lowest BCUT2D eigenvalue weighted by atomic mass is 9.91. The standard InChI is InChI=1S/C21H19N5O3/c27-19(15-3-1-7-22-12-15)16-4-2-10-26(13-16)21-24-9-6-17(25-21)18-11-14(20(28)29)5-8-23-18/h1,3,5-9,11-12,16H,2,4,10,13H2,(H,28,29)/t16-/m1/s1. The minimum atomic E-state index is -1.02. The summed E-state index contributed by atoms with van der Waals surface area (Å²) < 4.78 is 0. The molecule has 1 fully saturated rings. The van der Waals surface area contributed by atoms with Gasteiger partial charge in [-0.05, 0) is 43.2 Å². The second-order valence-electron chi connectivity index (χ2n) is 6.87. The van der Waals surface area contributed by atoms with Gasteiger partial charge in [-0.15, -0.1) is 0 Å². The minimum Gasteiger partial charge on any atom is -0.478 e. The lowest BCUT2D eigenvalue weighted by molar-refractivity contribution is 0.0696. The first-order chi connectivity index (χ1) is 14.1. The molecule has 1 aliphatic rings. The van der Waals surface area contributed by atoms with E-state index >= 15 is 0 Å². The van der Waals surface area contributed by atoms with Crippen LogP contribution in [0.2, 0.25) is 0 Å². The van der Waals surface area contributed by atoms with Crippen molar-refractivity contribution in [3.8, 4) is 11.4 Å². The number of ketones is 1. The van der Waals surface area contributed by atoms with Gasteiger partial charge < -0.3 is 10.0 Å². The Morgan fingerprint density at radius 3 is 2.69 bits per heavy atom. The zero-order valence-electron chi connectivity index (χ0n) is 15.6. The number of anilines is 1. The molecule has 8 nitrogen and oxygen atoms in total. The van der Waals surface area contributed by atoms with E-state index in [1.54, 1.807) is 36.8 Å². The van der Waals surface area contributed by atoms with Crippen molar-refractivity contribution in [2.45, 2.75) is 12.8 Å². The van der Waals surface area contributed by atoms with Gasteiger partial charge >= 0.3 is 5.97 Å². The Labute approximate surface area is 167 Å². The third-order valence-electron chi connectivity index (χ3n) is 4.93. The average Bonchev–Trinajstić information content (AvgIpc) is 2.79. The van der Waals surface area contributed by atoms with Gasteiger partial charge in [-0.3, -0.25) is 14.8 Å². The largest absolute Gasteiger partial charge is 0.478 e. The molecule has 0 radical (unpaired) electrons. The van der Waals surface area contributed by atoms with E-state index < -0.39 is 5.97 Å². The summed E-state index contributed by atoms with van der Waals surface area (Å²) in [6, 6.07) is 8.16. The molecule has 3 aromatic rings. The molecule has 0 unspecified atom stereocenters. The second kappa shape index (κ2) is 8.14. The summed E-state index contributed by atoms with van der Waals surface area (Å²) in [5, 5.41) is 9.18. The van der Waals surface area contributed by atoms with Crippen molar-refractivity contribution < 1.29 is 14.7 Å². The van der Waals surface area contributed by atoms with Crippen LogP contribution in [0.4, 0.5) is 5.95 Å². The molecule has 1 atom stereocenters. The van der Waals surface area contributed by atoms with E-state index in [2.05, 4.69) is 19.9 Å². The van der Waals surface area contributed by atoms with Gasteiger partial charge in [0.15, 0.2) is 5.78 Å². The van der Waals surface area contributed by atoms with Gasteiger partial charge in [0.05, 0.1) is 17.0 Å². The van der Waals surface area contributed by atoms with Crippen LogP contribution in [0.15, 0.2) is 55.1 Å². The van der Waals surface area contributed by atoms with E-state index in [4.69, 9.17) is 0 Å². The monoisotopic (exact) mass is 389 g/mol. The smallest absolute Gasteiger partial charge is 0.335 e. The third-order valence-corrected chi connectivity index (χ3v) is 4.93. The molecule has 0 bridgehead atoms. The summed E-state index contributed by atoms with van der Waals surface area (Å²) in [6.45, 7) is 1.28. The van der Waals surface area contributed by atoms with Crippen molar-refractivity contribution >= 4 is 17.7 Å². The minimum absolute atomic E-state index is 0.0785. The average molecular weight is 389 g/mol. The summed E-state index contributed by atoms with van der Waals surface area (Å²) in [5.74, 6) is -0.576. The van der Waals surface area contributed by atoms with Crippen LogP contribution in [0.25, 0.3) is 11.4 Å². The summed E-state index contributed by atoms with van der Waals surface area (Å²) in [7, 11) is 0. The number of pyridine rings is 2. The number of carboxylic acid groups (broad SMARTS) is 1. The molecule has 4 heterocycles. The van der Waals surface area contributed by atoms with E-state index in [0.717, 1.165) is 19.4 Å². The highest BCUT2D eigenvalue weighted by Gasteiger charge is 2.28. The molecule has 8 heteroatoms. The first-order valence-corrected chi connectivity index (χ1v) is 9.34. The molecule has 3 aromatic heterocycles. The van der Waals surface area contributed by atoms with Crippen LogP contribution < -0.4 is 4.90 Å². The van der Waals surface area contributed by atoms with Crippen molar-refractivity contribution in [1.82, 2.24) is 19.9 Å². The lowest BCUT2D eigenvalue weighted by Crippen LogP contribution is -2.39. The Morgan fingerprint density at radius 2 is 1.90 bits per heavy atom. The van der Waals surface area contributed by atoms with Gasteiger partial charge in [0.25, 0.3) is 0 Å². The van der Waals surface area contributed by atoms with E-state index in [1.165, 1.54) is 18.3 Å². The van der Waals surface area contributed by atoms with Crippen LogP contribution in [0, 0.1) is 5.92 Å². The third kappa shape index (κ3) is 4.11. The number of carboxylic acids is 1. The van der Waals surface area contributed by atoms with Crippen molar-refractivity contribution in [3.05, 3.63) is 66.2 Å². The molecule has 1 saturated heterocycles. The van der Waals surface area contributed by atoms with Crippen LogP contribution >= 0.6 is 0 Å². The van der Waals surface area contributed by atoms with Crippen molar-refractivity contribution in [2.75, 3.05) is 18.0 Å². The van der Waals surface area contributed by atoms with Gasteiger partial charge in [-0.2, -0.15) is 0 Å². The molecule has 1 N–H and O–H groups in total. The molecule has 0 aromatic carbocycles. The molecule has 0 spiro atoms. The summed E-state index contributed by atoms with van der Waals surface area (Å²) in [5.41, 5.74) is 1.77. The van der Waals surface area contributed by atoms with Gasteiger partial charge in [-0.1, -0.05) is 0 Å². The molecule has 0 saturated carbocycles. The Morgan fingerprint density at radius 1 is 1.03 bits per heavy atom. The highest BCUT2D eigenvalue weighted by Crippen LogP contribution is 2.25. The number of Topliss-reactive ketones (excluding diaryl/α,β-unsaturated/α-hetero) is 1. The molecule has 0 amide bonds. The van der Waals surface area contributed by atoms with Crippen LogP contribution in [-0.4, -0.2) is 49.9 Å². The van der Waals surface area contributed by atoms with Crippen LogP contribution in [0.5, 0.6) is 0 Å². The van der Waals surface area contributed by atoms with Crippen molar-refractivity contribution in [3.63, 3.8) is 0 Å². The fourth-order valence-electron chi connectivity index (χ4n) is 3.46. The van der Waals surface area contributed by atoms with E-state index in [-0.39, 0.29) is 17.3 Å². The molecule has 4 rings (SSSR count). The number of carbonyl (C=O) groups is 2. The summed E-state index contributed by atoms with van der Waals surface area (Å²) in [4.78, 5) is 43.2. The first-order valence-electron chi connectivity index (χ1n) is 9.34. The number of aromatic nitrogens is 4. The molecule has 1 aliphatic heterocycles. The maximum absolute atomic E-state index is 12.8. The Bertz CT molecular complexity index is 1040. The number of rotatable bonds is 5. The fraction of sp³-hybridized carbons (Fsp3) is 0.238. The second-order valence-corrected chi connectivity index (χ2v) is 6.87. The van der Waals surface area contributed by atoms with Gasteiger partial charge in [-0.25, -0.2) is 14.8 Å². The SMILES string of the molecule is O=C(O)c1ccnc(-c2ccnc(N3CCC[C@@H](C(=O)c4cccnc4)C3)n2)c1. The predicted molar refractivity (Wildman–Crippen MR) is 106 cm³/mol. The van der Waals surface area contributed by atoms with E-state index in [9.17, 15) is 14.7 Å². The molecular formula is C21H19N5O3. The van der Waals surface area contributed by atoms with Crippen molar-refractivity contribution in [2.24, 2.45) is 5.92 Å². The maximum atomic E-state index is 12.8. The normalized spacial score (nSPS) is 16.4. The highest BCUT2D eigenvalue weighted by molar-refractivity contribution is 5.98. The van der Waals surface area contributed by atoms with E-state index in [1.807, 2.05) is 4.90 Å². The Hall–Kier alpha value is -3.68. The van der Waals surface area contributed by atoms with E-state index in [0.29, 0.717) is 29.4 Å². The molecule has 146 valence electrons. The number of aromatic carboxylic acids is 1. The zero-order valence-corrected chi connectivity index (χ0v) is 15.6. The molecule has 29 heavy (non-hydrogen) atoms. The van der Waals surface area contributed by atoms with Crippen LogP contribution in [-0.2, 0) is 0 Å².